The minimum Gasteiger partial charge on any atom is -0.295 e. The fourth-order valence-electron chi connectivity index (χ4n) is 5.05. The van der Waals surface area contributed by atoms with Crippen molar-refractivity contribution in [3.8, 4) is 11.1 Å². The van der Waals surface area contributed by atoms with Crippen LogP contribution < -0.4 is 0 Å². The largest absolute Gasteiger partial charge is 0.295 e. The standard InChI is InChI=1S/C27H36O/c1-4-6-8-12-18-27(19-13-9-7-5-2)25-15-11-10-14-23(25)24-17-16-22(21(3)28)20-26(24)27/h10-11,14-17,20H,4-9,12-13,18-19H2,1-3H3. The second-order valence-corrected chi connectivity index (χ2v) is 8.57. The Bertz CT molecular complexity index is 790. The molecule has 0 spiro atoms. The smallest absolute Gasteiger partial charge is 0.159 e. The lowest BCUT2D eigenvalue weighted by molar-refractivity contribution is 0.101. The number of unbranched alkanes of at least 4 members (excludes halogenated alkanes) is 6. The molecular weight excluding hydrogens is 340 g/mol. The Kier molecular flexibility index (Phi) is 7.10. The van der Waals surface area contributed by atoms with Gasteiger partial charge in [0.15, 0.2) is 5.78 Å². The average Bonchev–Trinajstić information content (AvgIpc) is 2.99. The van der Waals surface area contributed by atoms with E-state index in [1.165, 1.54) is 86.5 Å². The highest BCUT2D eigenvalue weighted by Crippen LogP contribution is 2.54. The summed E-state index contributed by atoms with van der Waals surface area (Å²) in [6.45, 7) is 6.24. The molecule has 0 aromatic heterocycles. The van der Waals surface area contributed by atoms with Crippen LogP contribution in [0.3, 0.4) is 0 Å². The summed E-state index contributed by atoms with van der Waals surface area (Å²) in [7, 11) is 0. The molecule has 0 amide bonds. The highest BCUT2D eigenvalue weighted by molar-refractivity contribution is 5.96. The van der Waals surface area contributed by atoms with Gasteiger partial charge in [0.25, 0.3) is 0 Å². The molecule has 0 unspecified atom stereocenters. The normalized spacial score (nSPS) is 14.0. The first-order chi connectivity index (χ1) is 13.6. The van der Waals surface area contributed by atoms with Crippen molar-refractivity contribution in [3.63, 3.8) is 0 Å². The molecule has 0 aliphatic heterocycles. The van der Waals surface area contributed by atoms with Gasteiger partial charge in [-0.1, -0.05) is 102 Å². The van der Waals surface area contributed by atoms with Crippen molar-refractivity contribution in [1.82, 2.24) is 0 Å². The van der Waals surface area contributed by atoms with E-state index in [1.54, 1.807) is 6.92 Å². The molecule has 1 heteroatoms. The molecule has 0 bridgehead atoms. The number of hydrogen-bond acceptors (Lipinski definition) is 1. The minimum absolute atomic E-state index is 0.0822. The monoisotopic (exact) mass is 376 g/mol. The second-order valence-electron chi connectivity index (χ2n) is 8.57. The van der Waals surface area contributed by atoms with Crippen molar-refractivity contribution < 1.29 is 4.79 Å². The molecule has 150 valence electrons. The van der Waals surface area contributed by atoms with Gasteiger partial charge in [-0.15, -0.1) is 0 Å². The van der Waals surface area contributed by atoms with Gasteiger partial charge >= 0.3 is 0 Å². The summed E-state index contributed by atoms with van der Waals surface area (Å²) >= 11 is 0. The number of Topliss-reactive ketones (excluding diaryl/α,β-unsaturated/α-hetero) is 1. The molecule has 0 heterocycles. The summed E-state index contributed by atoms with van der Waals surface area (Å²) in [5.41, 5.74) is 6.59. The number of carbonyl (C=O) groups is 1. The maximum absolute atomic E-state index is 12.1. The Morgan fingerprint density at radius 3 is 1.96 bits per heavy atom. The van der Waals surface area contributed by atoms with Crippen molar-refractivity contribution >= 4 is 5.78 Å². The van der Waals surface area contributed by atoms with Gasteiger partial charge in [0.05, 0.1) is 0 Å². The van der Waals surface area contributed by atoms with E-state index in [1.807, 2.05) is 6.07 Å². The number of hydrogen-bond donors (Lipinski definition) is 0. The number of ketones is 1. The fourth-order valence-corrected chi connectivity index (χ4v) is 5.05. The van der Waals surface area contributed by atoms with E-state index in [2.05, 4.69) is 50.2 Å². The van der Waals surface area contributed by atoms with Crippen LogP contribution in [0.1, 0.15) is 106 Å². The van der Waals surface area contributed by atoms with E-state index >= 15 is 0 Å². The highest BCUT2D eigenvalue weighted by Gasteiger charge is 2.42. The Morgan fingerprint density at radius 1 is 0.750 bits per heavy atom. The fraction of sp³-hybridized carbons (Fsp3) is 0.519. The summed E-state index contributed by atoms with van der Waals surface area (Å²) in [4.78, 5) is 12.1. The summed E-state index contributed by atoms with van der Waals surface area (Å²) < 4.78 is 0. The number of benzene rings is 2. The number of carbonyl (C=O) groups excluding carboxylic acids is 1. The van der Waals surface area contributed by atoms with Gasteiger partial charge < -0.3 is 0 Å². The van der Waals surface area contributed by atoms with Crippen LogP contribution in [-0.2, 0) is 5.41 Å². The molecule has 0 saturated heterocycles. The van der Waals surface area contributed by atoms with Crippen molar-refractivity contribution in [3.05, 3.63) is 59.2 Å². The minimum atomic E-state index is 0.0822. The van der Waals surface area contributed by atoms with Crippen molar-refractivity contribution in [2.75, 3.05) is 0 Å². The topological polar surface area (TPSA) is 17.1 Å². The van der Waals surface area contributed by atoms with Gasteiger partial charge in [-0.25, -0.2) is 0 Å². The molecule has 0 radical (unpaired) electrons. The molecule has 28 heavy (non-hydrogen) atoms. The first kappa shape index (κ1) is 20.8. The van der Waals surface area contributed by atoms with Crippen LogP contribution in [0.2, 0.25) is 0 Å². The van der Waals surface area contributed by atoms with Crippen LogP contribution in [0.4, 0.5) is 0 Å². The molecule has 0 saturated carbocycles. The van der Waals surface area contributed by atoms with E-state index in [0.717, 1.165) is 5.56 Å². The van der Waals surface area contributed by atoms with E-state index in [9.17, 15) is 4.79 Å². The molecule has 0 N–H and O–H groups in total. The van der Waals surface area contributed by atoms with Crippen LogP contribution in [0.25, 0.3) is 11.1 Å². The zero-order valence-electron chi connectivity index (χ0n) is 18.0. The first-order valence-corrected chi connectivity index (χ1v) is 11.4. The Morgan fingerprint density at radius 2 is 1.36 bits per heavy atom. The van der Waals surface area contributed by atoms with Gasteiger partial charge in [-0.05, 0) is 48.1 Å². The zero-order chi connectivity index (χ0) is 20.0. The van der Waals surface area contributed by atoms with Gasteiger partial charge in [-0.3, -0.25) is 4.79 Å². The van der Waals surface area contributed by atoms with Crippen LogP contribution >= 0.6 is 0 Å². The Balaban J connectivity index is 2.04. The maximum atomic E-state index is 12.1. The van der Waals surface area contributed by atoms with Gasteiger partial charge in [-0.2, -0.15) is 0 Å². The first-order valence-electron chi connectivity index (χ1n) is 11.4. The van der Waals surface area contributed by atoms with Gasteiger partial charge in [0, 0.05) is 11.0 Å². The molecule has 1 aliphatic rings. The average molecular weight is 377 g/mol. The quantitative estimate of drug-likeness (QED) is 0.286. The number of fused-ring (bicyclic) bond motifs is 3. The predicted octanol–water partition coefficient (Wildman–Crippen LogP) is 8.10. The van der Waals surface area contributed by atoms with Crippen LogP contribution in [0.15, 0.2) is 42.5 Å². The third-order valence-corrected chi connectivity index (χ3v) is 6.59. The van der Waals surface area contributed by atoms with E-state index in [0.29, 0.717) is 0 Å². The summed E-state index contributed by atoms with van der Waals surface area (Å²) in [5, 5.41) is 0. The van der Waals surface area contributed by atoms with Crippen molar-refractivity contribution in [2.24, 2.45) is 0 Å². The second kappa shape index (κ2) is 9.54. The number of rotatable bonds is 11. The Hall–Kier alpha value is -1.89. The van der Waals surface area contributed by atoms with Crippen molar-refractivity contribution in [1.29, 1.82) is 0 Å². The van der Waals surface area contributed by atoms with Crippen LogP contribution in [-0.4, -0.2) is 5.78 Å². The summed E-state index contributed by atoms with van der Waals surface area (Å²) in [6, 6.07) is 15.4. The summed E-state index contributed by atoms with van der Waals surface area (Å²) in [6.07, 6.45) is 12.7. The van der Waals surface area contributed by atoms with Crippen LogP contribution in [0.5, 0.6) is 0 Å². The predicted molar refractivity (Wildman–Crippen MR) is 120 cm³/mol. The molecular formula is C27H36O. The zero-order valence-corrected chi connectivity index (χ0v) is 18.0. The SMILES string of the molecule is CCCCCCC1(CCCCCC)c2ccccc2-c2ccc(C(C)=O)cc21. The molecule has 0 atom stereocenters. The molecule has 2 aromatic carbocycles. The molecule has 1 nitrogen and oxygen atoms in total. The third kappa shape index (κ3) is 4.09. The lowest BCUT2D eigenvalue weighted by atomic mass is 9.70. The van der Waals surface area contributed by atoms with Gasteiger partial charge in [0.1, 0.15) is 0 Å². The summed E-state index contributed by atoms with van der Waals surface area (Å²) in [5.74, 6) is 0.171. The van der Waals surface area contributed by atoms with E-state index in [4.69, 9.17) is 0 Å². The molecule has 3 rings (SSSR count). The third-order valence-electron chi connectivity index (χ3n) is 6.59. The highest BCUT2D eigenvalue weighted by atomic mass is 16.1. The van der Waals surface area contributed by atoms with Crippen LogP contribution in [0, 0.1) is 0 Å². The lowest BCUT2D eigenvalue weighted by Crippen LogP contribution is -2.25. The van der Waals surface area contributed by atoms with Gasteiger partial charge in [0.2, 0.25) is 0 Å². The lowest BCUT2D eigenvalue weighted by Gasteiger charge is -2.33. The van der Waals surface area contributed by atoms with Crippen molar-refractivity contribution in [2.45, 2.75) is 90.4 Å². The molecule has 2 aromatic rings. The maximum Gasteiger partial charge on any atom is 0.159 e. The van der Waals surface area contributed by atoms with E-state index < -0.39 is 0 Å². The molecule has 1 aliphatic carbocycles. The Labute approximate surface area is 171 Å². The molecule has 0 fully saturated rings. The van der Waals surface area contributed by atoms with E-state index in [-0.39, 0.29) is 11.2 Å².